The molecule has 0 aromatic heterocycles. The molecule has 0 bridgehead atoms. The molecule has 0 saturated carbocycles. The van der Waals surface area contributed by atoms with Crippen LogP contribution in [0, 0.1) is 5.82 Å². The monoisotopic (exact) mass is 447 g/mol. The number of nitrogens with zero attached hydrogens (tertiary/aromatic N) is 3. The van der Waals surface area contributed by atoms with Crippen LogP contribution in [0.1, 0.15) is 24.1 Å². The van der Waals surface area contributed by atoms with Gasteiger partial charge in [-0.1, -0.05) is 29.8 Å². The smallest absolute Gasteiger partial charge is 0.332 e. The van der Waals surface area contributed by atoms with E-state index in [1.807, 2.05) is 30.1 Å². The number of hydrazone groups is 1. The van der Waals surface area contributed by atoms with Crippen molar-refractivity contribution in [1.82, 2.24) is 10.3 Å². The highest BCUT2D eigenvalue weighted by molar-refractivity contribution is 6.31. The molecule has 2 atom stereocenters. The van der Waals surface area contributed by atoms with Crippen molar-refractivity contribution in [2.45, 2.75) is 19.0 Å². The minimum Gasteiger partial charge on any atom is -0.494 e. The molecule has 0 saturated heterocycles. The molecule has 0 fully saturated rings. The van der Waals surface area contributed by atoms with Gasteiger partial charge in [0.05, 0.1) is 31.7 Å². The lowest BCUT2D eigenvalue weighted by Gasteiger charge is -2.34. The lowest BCUT2D eigenvalue weighted by Crippen LogP contribution is -2.46. The Morgan fingerprint density at radius 3 is 2.58 bits per heavy atom. The summed E-state index contributed by atoms with van der Waals surface area (Å²) in [5, 5.41) is 4.57. The number of rotatable bonds is 4. The summed E-state index contributed by atoms with van der Waals surface area (Å²) in [6.45, 7) is 1.70. The van der Waals surface area contributed by atoms with E-state index in [1.54, 1.807) is 13.0 Å². The number of primary amides is 1. The lowest BCUT2D eigenvalue weighted by molar-refractivity contribution is 0.248. The third kappa shape index (κ3) is 4.47. The Balaban J connectivity index is 2.28. The van der Waals surface area contributed by atoms with Gasteiger partial charge in [0, 0.05) is 16.7 Å². The third-order valence-corrected chi connectivity index (χ3v) is 5.37. The SMILES string of the molecule is COC1=Nc2cc(OC)c(F)cc2C(c2ccccc2Cl)N(C)C1/C(C)=N/NC(N)=O. The molecule has 2 aromatic carbocycles. The molecule has 3 rings (SSSR count). The maximum absolute atomic E-state index is 14.7. The van der Waals surface area contributed by atoms with Crippen molar-refractivity contribution in [3.63, 3.8) is 0 Å². The Hall–Kier alpha value is -3.17. The topological polar surface area (TPSA) is 102 Å². The van der Waals surface area contributed by atoms with Gasteiger partial charge in [-0.3, -0.25) is 4.90 Å². The van der Waals surface area contributed by atoms with E-state index in [2.05, 4.69) is 15.5 Å². The quantitative estimate of drug-likeness (QED) is 0.552. The summed E-state index contributed by atoms with van der Waals surface area (Å²) in [6.07, 6.45) is 0. The van der Waals surface area contributed by atoms with Crippen LogP contribution < -0.4 is 15.9 Å². The van der Waals surface area contributed by atoms with E-state index in [-0.39, 0.29) is 5.75 Å². The molecular formula is C21H23ClFN5O3. The Bertz CT molecular complexity index is 1060. The Labute approximate surface area is 184 Å². The first kappa shape index (κ1) is 22.5. The largest absolute Gasteiger partial charge is 0.494 e. The van der Waals surface area contributed by atoms with Gasteiger partial charge < -0.3 is 15.2 Å². The molecule has 2 aromatic rings. The lowest BCUT2D eigenvalue weighted by atomic mass is 9.94. The molecule has 0 radical (unpaired) electrons. The molecule has 1 aliphatic heterocycles. The average Bonchev–Trinajstić information content (AvgIpc) is 2.85. The zero-order valence-corrected chi connectivity index (χ0v) is 18.3. The fourth-order valence-electron chi connectivity index (χ4n) is 3.67. The first-order valence-electron chi connectivity index (χ1n) is 9.34. The molecular weight excluding hydrogens is 425 g/mol. The van der Waals surface area contributed by atoms with E-state index in [0.717, 1.165) is 5.56 Å². The summed E-state index contributed by atoms with van der Waals surface area (Å²) in [4.78, 5) is 17.7. The average molecular weight is 448 g/mol. The highest BCUT2D eigenvalue weighted by atomic mass is 35.5. The van der Waals surface area contributed by atoms with Crippen molar-refractivity contribution >= 4 is 34.9 Å². The van der Waals surface area contributed by atoms with E-state index in [4.69, 9.17) is 26.8 Å². The minimum atomic E-state index is -0.802. The van der Waals surface area contributed by atoms with Gasteiger partial charge in [0.15, 0.2) is 11.6 Å². The number of halogens is 2. The maximum atomic E-state index is 14.7. The number of nitrogens with two attached hydrogens (primary N) is 1. The number of ether oxygens (including phenoxy) is 2. The Morgan fingerprint density at radius 2 is 1.97 bits per heavy atom. The molecule has 8 nitrogen and oxygen atoms in total. The molecule has 2 unspecified atom stereocenters. The van der Waals surface area contributed by atoms with Crippen LogP contribution in [0.5, 0.6) is 5.75 Å². The summed E-state index contributed by atoms with van der Waals surface area (Å²) in [5.41, 5.74) is 9.61. The molecule has 1 heterocycles. The number of fused-ring (bicyclic) bond motifs is 1. The van der Waals surface area contributed by atoms with E-state index in [1.165, 1.54) is 26.4 Å². The van der Waals surface area contributed by atoms with Crippen molar-refractivity contribution < 1.29 is 18.7 Å². The van der Waals surface area contributed by atoms with E-state index in [9.17, 15) is 9.18 Å². The molecule has 2 amide bonds. The van der Waals surface area contributed by atoms with Crippen molar-refractivity contribution in [2.24, 2.45) is 15.8 Å². The highest BCUT2D eigenvalue weighted by Crippen LogP contribution is 2.43. The van der Waals surface area contributed by atoms with Crippen molar-refractivity contribution in [1.29, 1.82) is 0 Å². The molecule has 0 aliphatic carbocycles. The van der Waals surface area contributed by atoms with Crippen LogP contribution in [0.4, 0.5) is 14.9 Å². The van der Waals surface area contributed by atoms with Gasteiger partial charge in [-0.25, -0.2) is 19.6 Å². The molecule has 10 heteroatoms. The van der Waals surface area contributed by atoms with Crippen LogP contribution in [0.15, 0.2) is 46.5 Å². The van der Waals surface area contributed by atoms with Crippen LogP contribution in [-0.2, 0) is 4.74 Å². The van der Waals surface area contributed by atoms with E-state index < -0.39 is 23.9 Å². The number of amides is 2. The number of likely N-dealkylation sites (N-methyl/N-ethyl adjacent to an activating group) is 1. The van der Waals surface area contributed by atoms with E-state index >= 15 is 0 Å². The van der Waals surface area contributed by atoms with Crippen molar-refractivity contribution in [3.8, 4) is 5.75 Å². The number of aliphatic imine (C=N–C) groups is 1. The zero-order valence-electron chi connectivity index (χ0n) is 17.5. The summed E-state index contributed by atoms with van der Waals surface area (Å²) < 4.78 is 25.4. The predicted molar refractivity (Wildman–Crippen MR) is 118 cm³/mol. The Kier molecular flexibility index (Phi) is 6.77. The standard InChI is InChI=1S/C21H23ClFN5O3/c1-11(26-27-21(24)29)18-20(31-4)25-16-10-17(30-3)15(23)9-13(16)19(28(18)2)12-7-5-6-8-14(12)22/h5-10,18-19H,1-4H3,(H3,24,27,29)/b26-11+. The second-order valence-electron chi connectivity index (χ2n) is 6.92. The van der Waals surface area contributed by atoms with Crippen molar-refractivity contribution in [3.05, 3.63) is 58.4 Å². The number of hydrogen-bond acceptors (Lipinski definition) is 6. The van der Waals surface area contributed by atoms with Gasteiger partial charge in [0.1, 0.15) is 6.04 Å². The van der Waals surface area contributed by atoms with Gasteiger partial charge in [0.25, 0.3) is 0 Å². The summed E-state index contributed by atoms with van der Waals surface area (Å²) in [5.74, 6) is -0.183. The van der Waals surface area contributed by atoms with Gasteiger partial charge in [-0.15, -0.1) is 0 Å². The van der Waals surface area contributed by atoms with Crippen LogP contribution in [0.2, 0.25) is 5.02 Å². The number of carbonyl (C=O) groups is 1. The second-order valence-corrected chi connectivity index (χ2v) is 7.33. The summed E-state index contributed by atoms with van der Waals surface area (Å²) in [7, 11) is 4.67. The van der Waals surface area contributed by atoms with E-state index in [0.29, 0.717) is 27.9 Å². The second kappa shape index (κ2) is 9.32. The number of benzene rings is 2. The molecule has 1 aliphatic rings. The van der Waals surface area contributed by atoms with Crippen LogP contribution in [0.25, 0.3) is 0 Å². The van der Waals surface area contributed by atoms with Gasteiger partial charge >= 0.3 is 6.03 Å². The van der Waals surface area contributed by atoms with Gasteiger partial charge in [0.2, 0.25) is 5.90 Å². The fraction of sp³-hybridized carbons (Fsp3) is 0.286. The predicted octanol–water partition coefficient (Wildman–Crippen LogP) is 3.61. The van der Waals surface area contributed by atoms with Crippen LogP contribution >= 0.6 is 11.6 Å². The highest BCUT2D eigenvalue weighted by Gasteiger charge is 2.37. The fourth-order valence-corrected chi connectivity index (χ4v) is 3.91. The number of methoxy groups -OCH3 is 2. The normalized spacial score (nSPS) is 19.2. The molecule has 3 N–H and O–H groups in total. The first-order valence-corrected chi connectivity index (χ1v) is 9.72. The first-order chi connectivity index (χ1) is 14.8. The summed E-state index contributed by atoms with van der Waals surface area (Å²) >= 11 is 6.52. The number of nitrogens with one attached hydrogen (secondary N) is 1. The van der Waals surface area contributed by atoms with Gasteiger partial charge in [-0.2, -0.15) is 5.10 Å². The zero-order chi connectivity index (χ0) is 22.7. The number of hydrogen-bond donors (Lipinski definition) is 2. The third-order valence-electron chi connectivity index (χ3n) is 5.02. The molecule has 0 spiro atoms. The van der Waals surface area contributed by atoms with Crippen LogP contribution in [-0.4, -0.2) is 49.8 Å². The van der Waals surface area contributed by atoms with Crippen molar-refractivity contribution in [2.75, 3.05) is 21.3 Å². The van der Waals surface area contributed by atoms with Gasteiger partial charge in [-0.05, 0) is 31.7 Å². The maximum Gasteiger partial charge on any atom is 0.332 e. The number of urea groups is 1. The minimum absolute atomic E-state index is 0.0535. The summed E-state index contributed by atoms with van der Waals surface area (Å²) in [6, 6.07) is 8.26. The number of carbonyl (C=O) groups excluding carboxylic acids is 1. The molecule has 31 heavy (non-hydrogen) atoms. The Morgan fingerprint density at radius 1 is 1.26 bits per heavy atom. The van der Waals surface area contributed by atoms with Crippen LogP contribution in [0.3, 0.4) is 0 Å². The molecule has 164 valence electrons.